The summed E-state index contributed by atoms with van der Waals surface area (Å²) in [7, 11) is 0. The molecule has 0 aromatic carbocycles. The Kier molecular flexibility index (Phi) is 2.47. The zero-order chi connectivity index (χ0) is 10.3. The molecule has 0 radical (unpaired) electrons. The lowest BCUT2D eigenvalue weighted by Crippen LogP contribution is -2.45. The Morgan fingerprint density at radius 3 is 2.43 bits per heavy atom. The molecule has 2 fully saturated rings. The van der Waals surface area contributed by atoms with Gasteiger partial charge < -0.3 is 20.6 Å². The van der Waals surface area contributed by atoms with Crippen molar-refractivity contribution in [3.8, 4) is 0 Å². The molecule has 1 saturated heterocycles. The van der Waals surface area contributed by atoms with Gasteiger partial charge in [0.05, 0.1) is 12.2 Å². The van der Waals surface area contributed by atoms with E-state index in [-0.39, 0.29) is 12.0 Å². The minimum absolute atomic E-state index is 0.0505. The molecule has 5 nitrogen and oxygen atoms in total. The molecule has 0 unspecified atom stereocenters. The predicted octanol–water partition coefficient (Wildman–Crippen LogP) is -1.07. The van der Waals surface area contributed by atoms with Gasteiger partial charge in [-0.25, -0.2) is 0 Å². The quantitative estimate of drug-likeness (QED) is 0.434. The third-order valence-electron chi connectivity index (χ3n) is 3.30. The maximum absolute atomic E-state index is 10.7. The highest BCUT2D eigenvalue weighted by atomic mass is 16.4. The maximum atomic E-state index is 10.7. The number of carboxylic acids is 1. The van der Waals surface area contributed by atoms with Crippen molar-refractivity contribution in [3.63, 3.8) is 0 Å². The molecule has 5 heteroatoms. The van der Waals surface area contributed by atoms with Crippen LogP contribution >= 0.6 is 0 Å². The number of aliphatic carboxylic acids is 1. The third-order valence-corrected chi connectivity index (χ3v) is 3.30. The van der Waals surface area contributed by atoms with Crippen LogP contribution in [0.5, 0.6) is 0 Å². The normalized spacial score (nSPS) is 47.4. The molecule has 1 heterocycles. The number of aliphatic hydroxyl groups is 2. The second kappa shape index (κ2) is 3.49. The average molecular weight is 201 g/mol. The number of hydrogen-bond acceptors (Lipinski definition) is 4. The van der Waals surface area contributed by atoms with Crippen molar-refractivity contribution in [1.29, 1.82) is 0 Å². The molecule has 4 N–H and O–H groups in total. The van der Waals surface area contributed by atoms with E-state index in [1.807, 2.05) is 0 Å². The molecule has 2 aliphatic rings. The zero-order valence-corrected chi connectivity index (χ0v) is 7.76. The molecule has 2 rings (SSSR count). The smallest absolute Gasteiger partial charge is 0.320 e. The van der Waals surface area contributed by atoms with Crippen molar-refractivity contribution in [2.45, 2.75) is 43.6 Å². The fraction of sp³-hybridized carbons (Fsp3) is 0.889. The van der Waals surface area contributed by atoms with E-state index in [1.165, 1.54) is 0 Å². The number of carbonyl (C=O) groups is 1. The molecular formula is C9H15NO4. The Morgan fingerprint density at radius 1 is 1.14 bits per heavy atom. The summed E-state index contributed by atoms with van der Waals surface area (Å²) >= 11 is 0. The Labute approximate surface area is 81.7 Å². The van der Waals surface area contributed by atoms with Crippen LogP contribution in [0.15, 0.2) is 0 Å². The van der Waals surface area contributed by atoms with E-state index in [0.717, 1.165) is 0 Å². The van der Waals surface area contributed by atoms with E-state index in [4.69, 9.17) is 5.11 Å². The first-order chi connectivity index (χ1) is 6.58. The molecule has 5 atom stereocenters. The van der Waals surface area contributed by atoms with Crippen LogP contribution < -0.4 is 5.32 Å². The molecule has 1 aliphatic carbocycles. The van der Waals surface area contributed by atoms with Crippen molar-refractivity contribution < 1.29 is 20.1 Å². The first kappa shape index (κ1) is 9.89. The van der Waals surface area contributed by atoms with Crippen molar-refractivity contribution in [2.75, 3.05) is 0 Å². The number of rotatable bonds is 1. The predicted molar refractivity (Wildman–Crippen MR) is 47.7 cm³/mol. The highest BCUT2D eigenvalue weighted by Crippen LogP contribution is 2.33. The standard InChI is InChI=1S/C9H15NO4/c11-7-2-4-1-6(9(13)14)10-5(4)3-8(7)12/h4-8,10-12H,1-3H2,(H,13,14)/t4-,5+,6+,7+,8+/m1/s1. The second-order valence-electron chi connectivity index (χ2n) is 4.27. The Hall–Kier alpha value is -0.650. The van der Waals surface area contributed by atoms with E-state index in [1.54, 1.807) is 0 Å². The van der Waals surface area contributed by atoms with Crippen molar-refractivity contribution in [1.82, 2.24) is 5.32 Å². The fourth-order valence-electron chi connectivity index (χ4n) is 2.51. The number of nitrogens with one attached hydrogen (secondary N) is 1. The molecule has 80 valence electrons. The first-order valence-corrected chi connectivity index (χ1v) is 4.93. The SMILES string of the molecule is O=C(O)[C@@H]1C[C@@H]2C[C@H](O)[C@@H](O)C[C@@H]2N1. The fourth-order valence-corrected chi connectivity index (χ4v) is 2.51. The van der Waals surface area contributed by atoms with E-state index in [0.29, 0.717) is 19.3 Å². The van der Waals surface area contributed by atoms with Gasteiger partial charge in [-0.2, -0.15) is 0 Å². The van der Waals surface area contributed by atoms with Crippen LogP contribution in [0.1, 0.15) is 19.3 Å². The maximum Gasteiger partial charge on any atom is 0.320 e. The van der Waals surface area contributed by atoms with Crippen LogP contribution in [0.4, 0.5) is 0 Å². The summed E-state index contributed by atoms with van der Waals surface area (Å²) in [6.07, 6.45) is 0.115. The Balaban J connectivity index is 2.01. The molecule has 14 heavy (non-hydrogen) atoms. The minimum Gasteiger partial charge on any atom is -0.480 e. The first-order valence-electron chi connectivity index (χ1n) is 4.93. The van der Waals surface area contributed by atoms with E-state index < -0.39 is 24.2 Å². The molecule has 0 aromatic rings. The number of carboxylic acid groups (broad SMARTS) is 1. The lowest BCUT2D eigenvalue weighted by Gasteiger charge is -2.32. The summed E-state index contributed by atoms with van der Waals surface area (Å²) in [4.78, 5) is 10.7. The molecule has 1 saturated carbocycles. The molecule has 1 aliphatic heterocycles. The number of aliphatic hydroxyl groups excluding tert-OH is 2. The van der Waals surface area contributed by atoms with E-state index in [9.17, 15) is 15.0 Å². The number of hydrogen-bond donors (Lipinski definition) is 4. The Morgan fingerprint density at radius 2 is 1.79 bits per heavy atom. The lowest BCUT2D eigenvalue weighted by atomic mass is 9.81. The van der Waals surface area contributed by atoms with E-state index >= 15 is 0 Å². The summed E-state index contributed by atoms with van der Waals surface area (Å²) in [6, 6.07) is -0.461. The summed E-state index contributed by atoms with van der Waals surface area (Å²) in [5.74, 6) is -0.655. The van der Waals surface area contributed by atoms with Crippen molar-refractivity contribution in [2.24, 2.45) is 5.92 Å². The summed E-state index contributed by atoms with van der Waals surface area (Å²) < 4.78 is 0. The molecule has 0 bridgehead atoms. The van der Waals surface area contributed by atoms with Crippen molar-refractivity contribution in [3.05, 3.63) is 0 Å². The van der Waals surface area contributed by atoms with Crippen LogP contribution in [0, 0.1) is 5.92 Å². The summed E-state index contributed by atoms with van der Waals surface area (Å²) in [6.45, 7) is 0. The van der Waals surface area contributed by atoms with Crippen LogP contribution in [-0.4, -0.2) is 45.6 Å². The molecule has 0 spiro atoms. The van der Waals surface area contributed by atoms with Gasteiger partial charge in [-0.1, -0.05) is 0 Å². The van der Waals surface area contributed by atoms with Gasteiger partial charge >= 0.3 is 5.97 Å². The average Bonchev–Trinajstić information content (AvgIpc) is 2.48. The lowest BCUT2D eigenvalue weighted by molar-refractivity contribution is -0.139. The van der Waals surface area contributed by atoms with Crippen LogP contribution in [0.3, 0.4) is 0 Å². The van der Waals surface area contributed by atoms with Gasteiger partial charge in [0.1, 0.15) is 6.04 Å². The van der Waals surface area contributed by atoms with Gasteiger partial charge in [-0.3, -0.25) is 4.79 Å². The van der Waals surface area contributed by atoms with Gasteiger partial charge in [-0.05, 0) is 25.2 Å². The van der Waals surface area contributed by atoms with Crippen LogP contribution in [0.25, 0.3) is 0 Å². The molecular weight excluding hydrogens is 186 g/mol. The van der Waals surface area contributed by atoms with Gasteiger partial charge in [0, 0.05) is 6.04 Å². The highest BCUT2D eigenvalue weighted by Gasteiger charge is 2.43. The highest BCUT2D eigenvalue weighted by molar-refractivity contribution is 5.74. The minimum atomic E-state index is -0.844. The van der Waals surface area contributed by atoms with Crippen LogP contribution in [-0.2, 0) is 4.79 Å². The van der Waals surface area contributed by atoms with Gasteiger partial charge in [0.15, 0.2) is 0 Å². The third kappa shape index (κ3) is 1.63. The van der Waals surface area contributed by atoms with Gasteiger partial charge in [0.2, 0.25) is 0 Å². The van der Waals surface area contributed by atoms with Crippen molar-refractivity contribution >= 4 is 5.97 Å². The molecule has 0 aromatic heterocycles. The van der Waals surface area contributed by atoms with Gasteiger partial charge in [-0.15, -0.1) is 0 Å². The summed E-state index contributed by atoms with van der Waals surface area (Å²) in [5, 5.41) is 30.6. The zero-order valence-electron chi connectivity index (χ0n) is 7.76. The summed E-state index contributed by atoms with van der Waals surface area (Å²) in [5.41, 5.74) is 0. The monoisotopic (exact) mass is 201 g/mol. The largest absolute Gasteiger partial charge is 0.480 e. The second-order valence-corrected chi connectivity index (χ2v) is 4.27. The van der Waals surface area contributed by atoms with E-state index in [2.05, 4.69) is 5.32 Å². The van der Waals surface area contributed by atoms with Gasteiger partial charge in [0.25, 0.3) is 0 Å². The number of fused-ring (bicyclic) bond motifs is 1. The molecule has 0 amide bonds. The Bertz CT molecular complexity index is 227. The van der Waals surface area contributed by atoms with Crippen LogP contribution in [0.2, 0.25) is 0 Å². The topological polar surface area (TPSA) is 89.8 Å².